The van der Waals surface area contributed by atoms with Crippen molar-refractivity contribution in [2.45, 2.75) is 25.8 Å². The number of halogens is 1. The molecule has 0 aliphatic carbocycles. The number of rotatable bonds is 2. The summed E-state index contributed by atoms with van der Waals surface area (Å²) in [6, 6.07) is 5.68. The molecule has 1 fully saturated rings. The van der Waals surface area contributed by atoms with E-state index in [0.29, 0.717) is 29.2 Å². The van der Waals surface area contributed by atoms with Gasteiger partial charge in [-0.25, -0.2) is 4.79 Å². The van der Waals surface area contributed by atoms with E-state index in [9.17, 15) is 9.90 Å². The summed E-state index contributed by atoms with van der Waals surface area (Å²) in [7, 11) is 0. The SMILES string of the molecule is Cc1c(C(=O)O)c2cccc(Cl)c2n1C1CCOCC1. The molecule has 0 atom stereocenters. The van der Waals surface area contributed by atoms with Crippen molar-refractivity contribution in [1.29, 1.82) is 0 Å². The lowest BCUT2D eigenvalue weighted by Gasteiger charge is -2.26. The maximum Gasteiger partial charge on any atom is 0.338 e. The third-order valence-electron chi connectivity index (χ3n) is 3.99. The summed E-state index contributed by atoms with van der Waals surface area (Å²) in [6.07, 6.45) is 1.77. The number of hydrogen-bond acceptors (Lipinski definition) is 2. The molecule has 1 aliphatic heterocycles. The van der Waals surface area contributed by atoms with Crippen LogP contribution >= 0.6 is 11.6 Å². The lowest BCUT2D eigenvalue weighted by atomic mass is 10.1. The fourth-order valence-electron chi connectivity index (χ4n) is 3.11. The summed E-state index contributed by atoms with van der Waals surface area (Å²) in [6.45, 7) is 3.27. The van der Waals surface area contributed by atoms with Crippen molar-refractivity contribution < 1.29 is 14.6 Å². The van der Waals surface area contributed by atoms with Crippen molar-refractivity contribution in [3.8, 4) is 0 Å². The molecular weight excluding hydrogens is 278 g/mol. The normalized spacial score (nSPS) is 16.7. The standard InChI is InChI=1S/C15H16ClNO3/c1-9-13(15(18)19)11-3-2-4-12(16)14(11)17(9)10-5-7-20-8-6-10/h2-4,10H,5-8H2,1H3,(H,18,19). The molecule has 1 saturated heterocycles. The number of carboxylic acid groups (broad SMARTS) is 1. The van der Waals surface area contributed by atoms with Crippen LogP contribution < -0.4 is 0 Å². The second kappa shape index (κ2) is 5.11. The number of ether oxygens (including phenoxy) is 1. The van der Waals surface area contributed by atoms with Crippen molar-refractivity contribution in [2.75, 3.05) is 13.2 Å². The molecule has 0 radical (unpaired) electrons. The summed E-state index contributed by atoms with van der Waals surface area (Å²) in [5, 5.41) is 10.8. The Labute approximate surface area is 121 Å². The first-order chi connectivity index (χ1) is 9.61. The number of benzene rings is 1. The van der Waals surface area contributed by atoms with Gasteiger partial charge in [0.25, 0.3) is 0 Å². The third kappa shape index (κ3) is 2.00. The van der Waals surface area contributed by atoms with E-state index in [1.165, 1.54) is 0 Å². The van der Waals surface area contributed by atoms with E-state index >= 15 is 0 Å². The maximum absolute atomic E-state index is 11.6. The van der Waals surface area contributed by atoms with Crippen molar-refractivity contribution in [2.24, 2.45) is 0 Å². The first kappa shape index (κ1) is 13.5. The van der Waals surface area contributed by atoms with Gasteiger partial charge in [0.05, 0.1) is 16.1 Å². The van der Waals surface area contributed by atoms with Gasteiger partial charge in [0.15, 0.2) is 0 Å². The summed E-state index contributed by atoms with van der Waals surface area (Å²) in [4.78, 5) is 11.6. The summed E-state index contributed by atoms with van der Waals surface area (Å²) in [5.74, 6) is -0.902. The highest BCUT2D eigenvalue weighted by molar-refractivity contribution is 6.35. The van der Waals surface area contributed by atoms with Crippen LogP contribution in [-0.4, -0.2) is 28.9 Å². The first-order valence-electron chi connectivity index (χ1n) is 6.71. The molecule has 106 valence electrons. The summed E-state index contributed by atoms with van der Waals surface area (Å²) >= 11 is 6.33. The summed E-state index contributed by atoms with van der Waals surface area (Å²) < 4.78 is 7.48. The molecule has 0 spiro atoms. The minimum absolute atomic E-state index is 0.249. The Balaban J connectivity index is 2.29. The molecule has 1 aromatic heterocycles. The second-order valence-electron chi connectivity index (χ2n) is 5.12. The average Bonchev–Trinajstić information content (AvgIpc) is 2.73. The molecule has 2 heterocycles. The van der Waals surface area contributed by atoms with E-state index in [-0.39, 0.29) is 6.04 Å². The molecule has 0 saturated carbocycles. The molecule has 4 nitrogen and oxygen atoms in total. The molecular formula is C15H16ClNO3. The van der Waals surface area contributed by atoms with Gasteiger partial charge in [-0.15, -0.1) is 0 Å². The van der Waals surface area contributed by atoms with E-state index in [2.05, 4.69) is 4.57 Å². The molecule has 3 rings (SSSR count). The Bertz CT molecular complexity index is 671. The number of nitrogens with zero attached hydrogens (tertiary/aromatic N) is 1. The highest BCUT2D eigenvalue weighted by Gasteiger charge is 2.26. The number of aromatic carboxylic acids is 1. The lowest BCUT2D eigenvalue weighted by Crippen LogP contribution is -2.20. The van der Waals surface area contributed by atoms with E-state index in [0.717, 1.165) is 24.1 Å². The smallest absolute Gasteiger partial charge is 0.338 e. The van der Waals surface area contributed by atoms with Gasteiger partial charge in [-0.1, -0.05) is 23.7 Å². The molecule has 5 heteroatoms. The van der Waals surface area contributed by atoms with E-state index in [4.69, 9.17) is 16.3 Å². The van der Waals surface area contributed by atoms with Crippen molar-refractivity contribution in [3.63, 3.8) is 0 Å². The van der Waals surface area contributed by atoms with Crippen molar-refractivity contribution >= 4 is 28.5 Å². The topological polar surface area (TPSA) is 51.5 Å². The molecule has 1 aromatic carbocycles. The average molecular weight is 294 g/mol. The van der Waals surface area contributed by atoms with Gasteiger partial charge in [0.2, 0.25) is 0 Å². The quantitative estimate of drug-likeness (QED) is 0.919. The Morgan fingerprint density at radius 1 is 1.40 bits per heavy atom. The Morgan fingerprint density at radius 3 is 2.75 bits per heavy atom. The first-order valence-corrected chi connectivity index (χ1v) is 7.09. The molecule has 2 aromatic rings. The van der Waals surface area contributed by atoms with Crippen LogP contribution in [0.15, 0.2) is 18.2 Å². The number of aromatic nitrogens is 1. The van der Waals surface area contributed by atoms with Crippen LogP contribution in [0.5, 0.6) is 0 Å². The van der Waals surface area contributed by atoms with Crippen LogP contribution in [-0.2, 0) is 4.74 Å². The second-order valence-corrected chi connectivity index (χ2v) is 5.52. The zero-order valence-electron chi connectivity index (χ0n) is 11.2. The van der Waals surface area contributed by atoms with Crippen LogP contribution in [0.1, 0.15) is 34.9 Å². The lowest BCUT2D eigenvalue weighted by molar-refractivity contribution is 0.0685. The maximum atomic E-state index is 11.6. The van der Waals surface area contributed by atoms with Gasteiger partial charge in [0, 0.05) is 30.3 Å². The number of carboxylic acids is 1. The fourth-order valence-corrected chi connectivity index (χ4v) is 3.38. The predicted octanol–water partition coefficient (Wildman–Crippen LogP) is 3.65. The molecule has 20 heavy (non-hydrogen) atoms. The van der Waals surface area contributed by atoms with Gasteiger partial charge in [-0.05, 0) is 25.8 Å². The summed E-state index contributed by atoms with van der Waals surface area (Å²) in [5.41, 5.74) is 1.96. The number of carbonyl (C=O) groups is 1. The van der Waals surface area contributed by atoms with Crippen LogP contribution in [0, 0.1) is 6.92 Å². The monoisotopic (exact) mass is 293 g/mol. The molecule has 0 bridgehead atoms. The van der Waals surface area contributed by atoms with Gasteiger partial charge >= 0.3 is 5.97 Å². The molecule has 1 aliphatic rings. The van der Waals surface area contributed by atoms with E-state index < -0.39 is 5.97 Å². The van der Waals surface area contributed by atoms with Crippen LogP contribution in [0.4, 0.5) is 0 Å². The van der Waals surface area contributed by atoms with Gasteiger partial charge in [0.1, 0.15) is 0 Å². The zero-order valence-corrected chi connectivity index (χ0v) is 12.0. The molecule has 0 unspecified atom stereocenters. The number of hydrogen-bond donors (Lipinski definition) is 1. The Kier molecular flexibility index (Phi) is 3.44. The van der Waals surface area contributed by atoms with Crippen LogP contribution in [0.3, 0.4) is 0 Å². The van der Waals surface area contributed by atoms with Crippen LogP contribution in [0.25, 0.3) is 10.9 Å². The molecule has 0 amide bonds. The van der Waals surface area contributed by atoms with Crippen LogP contribution in [0.2, 0.25) is 5.02 Å². The van der Waals surface area contributed by atoms with E-state index in [1.807, 2.05) is 19.1 Å². The highest BCUT2D eigenvalue weighted by atomic mass is 35.5. The van der Waals surface area contributed by atoms with Gasteiger partial charge < -0.3 is 14.4 Å². The van der Waals surface area contributed by atoms with E-state index in [1.54, 1.807) is 6.07 Å². The number of fused-ring (bicyclic) bond motifs is 1. The minimum atomic E-state index is -0.902. The fraction of sp³-hybridized carbons (Fsp3) is 0.400. The largest absolute Gasteiger partial charge is 0.478 e. The van der Waals surface area contributed by atoms with Gasteiger partial charge in [-0.3, -0.25) is 0 Å². The zero-order chi connectivity index (χ0) is 14.3. The van der Waals surface area contributed by atoms with Crippen molar-refractivity contribution in [1.82, 2.24) is 4.57 Å². The third-order valence-corrected chi connectivity index (χ3v) is 4.30. The Hall–Kier alpha value is -1.52. The predicted molar refractivity (Wildman–Crippen MR) is 77.7 cm³/mol. The van der Waals surface area contributed by atoms with Crippen molar-refractivity contribution in [3.05, 3.63) is 34.5 Å². The molecule has 1 N–H and O–H groups in total. The van der Waals surface area contributed by atoms with Gasteiger partial charge in [-0.2, -0.15) is 0 Å². The minimum Gasteiger partial charge on any atom is -0.478 e. The highest BCUT2D eigenvalue weighted by Crippen LogP contribution is 2.36. The Morgan fingerprint density at radius 2 is 2.10 bits per heavy atom. The number of para-hydroxylation sites is 1.